The van der Waals surface area contributed by atoms with Gasteiger partial charge in [-0.1, -0.05) is 12.8 Å². The largest absolute Gasteiger partial charge is 0.339 e. The standard InChI is InChI=1S/C17H22N2O2/c1-18(14-5-2-3-6-14)17(21)13-8-10-15(11-9-13)19-12-4-7-16(19)20/h8-11,14H,2-7,12H2,1H3. The van der Waals surface area contributed by atoms with Crippen LogP contribution in [-0.2, 0) is 4.79 Å². The predicted octanol–water partition coefficient (Wildman–Crippen LogP) is 2.83. The maximum atomic E-state index is 12.5. The van der Waals surface area contributed by atoms with Crippen molar-refractivity contribution >= 4 is 17.5 Å². The molecule has 4 heteroatoms. The van der Waals surface area contributed by atoms with Crippen molar-refractivity contribution in [3.8, 4) is 0 Å². The lowest BCUT2D eigenvalue weighted by Gasteiger charge is -2.24. The molecule has 0 radical (unpaired) electrons. The molecule has 1 aromatic carbocycles. The lowest BCUT2D eigenvalue weighted by atomic mass is 10.1. The maximum absolute atomic E-state index is 12.5. The summed E-state index contributed by atoms with van der Waals surface area (Å²) < 4.78 is 0. The molecule has 2 fully saturated rings. The molecule has 21 heavy (non-hydrogen) atoms. The predicted molar refractivity (Wildman–Crippen MR) is 82.4 cm³/mol. The number of carbonyl (C=O) groups excluding carboxylic acids is 2. The Bertz CT molecular complexity index is 532. The van der Waals surface area contributed by atoms with Gasteiger partial charge < -0.3 is 9.80 Å². The number of nitrogens with zero attached hydrogens (tertiary/aromatic N) is 2. The van der Waals surface area contributed by atoms with E-state index in [9.17, 15) is 9.59 Å². The minimum absolute atomic E-state index is 0.0844. The van der Waals surface area contributed by atoms with Gasteiger partial charge in [0.25, 0.3) is 5.91 Å². The van der Waals surface area contributed by atoms with E-state index in [-0.39, 0.29) is 11.8 Å². The summed E-state index contributed by atoms with van der Waals surface area (Å²) in [4.78, 5) is 27.9. The number of hydrogen-bond donors (Lipinski definition) is 0. The molecule has 0 atom stereocenters. The molecule has 1 saturated heterocycles. The molecule has 112 valence electrons. The molecule has 0 aromatic heterocycles. The Morgan fingerprint density at radius 2 is 1.81 bits per heavy atom. The van der Waals surface area contributed by atoms with Gasteiger partial charge in [-0.05, 0) is 43.5 Å². The van der Waals surface area contributed by atoms with E-state index in [2.05, 4.69) is 0 Å². The molecule has 3 rings (SSSR count). The van der Waals surface area contributed by atoms with Gasteiger partial charge in [-0.25, -0.2) is 0 Å². The highest BCUT2D eigenvalue weighted by atomic mass is 16.2. The first kappa shape index (κ1) is 14.1. The molecule has 1 aliphatic heterocycles. The molecule has 1 saturated carbocycles. The SMILES string of the molecule is CN(C(=O)c1ccc(N2CCCC2=O)cc1)C1CCCC1. The van der Waals surface area contributed by atoms with E-state index in [0.717, 1.165) is 31.5 Å². The Hall–Kier alpha value is -1.84. The highest BCUT2D eigenvalue weighted by molar-refractivity contribution is 5.97. The minimum Gasteiger partial charge on any atom is -0.339 e. The first-order valence-electron chi connectivity index (χ1n) is 7.84. The van der Waals surface area contributed by atoms with Gasteiger partial charge in [-0.2, -0.15) is 0 Å². The van der Waals surface area contributed by atoms with E-state index in [4.69, 9.17) is 0 Å². The molecule has 1 aromatic rings. The summed E-state index contributed by atoms with van der Waals surface area (Å²) in [6, 6.07) is 7.85. The molecule has 0 bridgehead atoms. The van der Waals surface area contributed by atoms with Crippen molar-refractivity contribution in [2.45, 2.75) is 44.6 Å². The van der Waals surface area contributed by atoms with Crippen molar-refractivity contribution in [1.29, 1.82) is 0 Å². The Morgan fingerprint density at radius 3 is 2.38 bits per heavy atom. The quantitative estimate of drug-likeness (QED) is 0.857. The zero-order chi connectivity index (χ0) is 14.8. The fraction of sp³-hybridized carbons (Fsp3) is 0.529. The van der Waals surface area contributed by atoms with Crippen LogP contribution in [0.15, 0.2) is 24.3 Å². The van der Waals surface area contributed by atoms with Crippen LogP contribution in [0.25, 0.3) is 0 Å². The van der Waals surface area contributed by atoms with Gasteiger partial charge in [0.05, 0.1) is 0 Å². The third-order valence-corrected chi connectivity index (χ3v) is 4.69. The van der Waals surface area contributed by atoms with Crippen LogP contribution in [-0.4, -0.2) is 36.3 Å². The zero-order valence-corrected chi connectivity index (χ0v) is 12.5. The number of rotatable bonds is 3. The molecule has 1 heterocycles. The minimum atomic E-state index is 0.0844. The Kier molecular flexibility index (Phi) is 3.95. The molecule has 2 aliphatic rings. The number of carbonyl (C=O) groups is 2. The van der Waals surface area contributed by atoms with Crippen molar-refractivity contribution in [2.75, 3.05) is 18.5 Å². The molecule has 1 aliphatic carbocycles. The van der Waals surface area contributed by atoms with Gasteiger partial charge in [0.1, 0.15) is 0 Å². The second kappa shape index (κ2) is 5.88. The van der Waals surface area contributed by atoms with Crippen LogP contribution in [0.1, 0.15) is 48.9 Å². The number of anilines is 1. The van der Waals surface area contributed by atoms with Crippen molar-refractivity contribution in [2.24, 2.45) is 0 Å². The van der Waals surface area contributed by atoms with Crippen LogP contribution in [0.2, 0.25) is 0 Å². The topological polar surface area (TPSA) is 40.6 Å². The first-order chi connectivity index (χ1) is 10.2. The number of hydrogen-bond acceptors (Lipinski definition) is 2. The average Bonchev–Trinajstić information content (AvgIpc) is 3.17. The second-order valence-electron chi connectivity index (χ2n) is 6.05. The van der Waals surface area contributed by atoms with Crippen LogP contribution in [0, 0.1) is 0 Å². The third-order valence-electron chi connectivity index (χ3n) is 4.69. The van der Waals surface area contributed by atoms with E-state index in [1.807, 2.05) is 36.2 Å². The fourth-order valence-electron chi connectivity index (χ4n) is 3.37. The molecular formula is C17H22N2O2. The maximum Gasteiger partial charge on any atom is 0.253 e. The zero-order valence-electron chi connectivity index (χ0n) is 12.5. The van der Waals surface area contributed by atoms with Crippen LogP contribution in [0.3, 0.4) is 0 Å². The summed E-state index contributed by atoms with van der Waals surface area (Å²) >= 11 is 0. The normalized spacial score (nSPS) is 19.3. The smallest absolute Gasteiger partial charge is 0.253 e. The molecule has 0 N–H and O–H groups in total. The van der Waals surface area contributed by atoms with Gasteiger partial charge in [0.2, 0.25) is 5.91 Å². The molecule has 0 spiro atoms. The lowest BCUT2D eigenvalue weighted by molar-refractivity contribution is -0.117. The third kappa shape index (κ3) is 2.80. The van der Waals surface area contributed by atoms with E-state index in [1.54, 1.807) is 4.90 Å². The van der Waals surface area contributed by atoms with Crippen molar-refractivity contribution < 1.29 is 9.59 Å². The van der Waals surface area contributed by atoms with Crippen LogP contribution in [0.4, 0.5) is 5.69 Å². The Labute approximate surface area is 125 Å². The van der Waals surface area contributed by atoms with Crippen LogP contribution in [0.5, 0.6) is 0 Å². The summed E-state index contributed by atoms with van der Waals surface area (Å²) in [5.74, 6) is 0.262. The Morgan fingerprint density at radius 1 is 1.14 bits per heavy atom. The summed E-state index contributed by atoms with van der Waals surface area (Å²) in [5.41, 5.74) is 1.61. The highest BCUT2D eigenvalue weighted by Crippen LogP contribution is 2.25. The van der Waals surface area contributed by atoms with Gasteiger partial charge in [0.15, 0.2) is 0 Å². The monoisotopic (exact) mass is 286 g/mol. The summed E-state index contributed by atoms with van der Waals surface area (Å²) in [7, 11) is 1.90. The highest BCUT2D eigenvalue weighted by Gasteiger charge is 2.25. The lowest BCUT2D eigenvalue weighted by Crippen LogP contribution is -2.35. The van der Waals surface area contributed by atoms with Gasteiger partial charge in [0, 0.05) is 37.3 Å². The van der Waals surface area contributed by atoms with Crippen molar-refractivity contribution in [3.63, 3.8) is 0 Å². The first-order valence-corrected chi connectivity index (χ1v) is 7.84. The van der Waals surface area contributed by atoms with E-state index >= 15 is 0 Å². The summed E-state index contributed by atoms with van der Waals surface area (Å²) in [6.07, 6.45) is 6.22. The van der Waals surface area contributed by atoms with Gasteiger partial charge in [-0.3, -0.25) is 9.59 Å². The average molecular weight is 286 g/mol. The molecule has 2 amide bonds. The van der Waals surface area contributed by atoms with E-state index in [1.165, 1.54) is 12.8 Å². The van der Waals surface area contributed by atoms with Gasteiger partial charge in [-0.15, -0.1) is 0 Å². The van der Waals surface area contributed by atoms with E-state index in [0.29, 0.717) is 18.0 Å². The van der Waals surface area contributed by atoms with Gasteiger partial charge >= 0.3 is 0 Å². The van der Waals surface area contributed by atoms with E-state index < -0.39 is 0 Å². The van der Waals surface area contributed by atoms with Crippen LogP contribution >= 0.6 is 0 Å². The van der Waals surface area contributed by atoms with Crippen molar-refractivity contribution in [1.82, 2.24) is 4.90 Å². The molecular weight excluding hydrogens is 264 g/mol. The number of amides is 2. The number of benzene rings is 1. The summed E-state index contributed by atoms with van der Waals surface area (Å²) in [6.45, 7) is 0.786. The molecule has 0 unspecified atom stereocenters. The van der Waals surface area contributed by atoms with Crippen molar-refractivity contribution in [3.05, 3.63) is 29.8 Å². The van der Waals surface area contributed by atoms with Crippen LogP contribution < -0.4 is 4.90 Å². The molecule has 4 nitrogen and oxygen atoms in total. The fourth-order valence-corrected chi connectivity index (χ4v) is 3.37. The second-order valence-corrected chi connectivity index (χ2v) is 6.05. The summed E-state index contributed by atoms with van der Waals surface area (Å²) in [5, 5.41) is 0. The Balaban J connectivity index is 1.71.